The van der Waals surface area contributed by atoms with Crippen LogP contribution < -0.4 is 4.74 Å². The van der Waals surface area contributed by atoms with Gasteiger partial charge in [0, 0.05) is 24.0 Å². The number of carbonyl (C=O) groups excluding carboxylic acids is 2. The lowest BCUT2D eigenvalue weighted by Gasteiger charge is -2.16. The topological polar surface area (TPSA) is 43.4 Å². The van der Waals surface area contributed by atoms with Crippen molar-refractivity contribution >= 4 is 11.6 Å². The van der Waals surface area contributed by atoms with Crippen LogP contribution in [0, 0.1) is 5.92 Å². The molecule has 3 nitrogen and oxygen atoms in total. The van der Waals surface area contributed by atoms with Gasteiger partial charge in [0.1, 0.15) is 18.5 Å². The van der Waals surface area contributed by atoms with Gasteiger partial charge in [-0.3, -0.25) is 9.59 Å². The van der Waals surface area contributed by atoms with Gasteiger partial charge in [0.15, 0.2) is 11.6 Å². The van der Waals surface area contributed by atoms with E-state index in [1.165, 1.54) is 0 Å². The molecule has 2 aromatic carbocycles. The first-order valence-electron chi connectivity index (χ1n) is 9.64. The number of rotatable bonds is 7. The van der Waals surface area contributed by atoms with Gasteiger partial charge in [-0.2, -0.15) is 0 Å². The first-order valence-corrected chi connectivity index (χ1v) is 9.64. The van der Waals surface area contributed by atoms with Crippen LogP contribution in [0.4, 0.5) is 4.39 Å². The lowest BCUT2D eigenvalue weighted by atomic mass is 9.85. The number of benzene rings is 2. The summed E-state index contributed by atoms with van der Waals surface area (Å²) in [7, 11) is 0. The van der Waals surface area contributed by atoms with Crippen molar-refractivity contribution in [2.45, 2.75) is 44.6 Å². The van der Waals surface area contributed by atoms with Crippen molar-refractivity contribution in [3.63, 3.8) is 0 Å². The van der Waals surface area contributed by atoms with Gasteiger partial charge in [0.2, 0.25) is 0 Å². The van der Waals surface area contributed by atoms with Crippen molar-refractivity contribution in [2.75, 3.05) is 6.67 Å². The second kappa shape index (κ2) is 7.26. The number of hydrogen-bond donors (Lipinski definition) is 0. The van der Waals surface area contributed by atoms with Crippen LogP contribution in [-0.4, -0.2) is 24.3 Å². The van der Waals surface area contributed by atoms with Gasteiger partial charge >= 0.3 is 0 Å². The van der Waals surface area contributed by atoms with Crippen molar-refractivity contribution in [2.24, 2.45) is 5.92 Å². The zero-order chi connectivity index (χ0) is 19.0. The van der Waals surface area contributed by atoms with Crippen LogP contribution in [0.3, 0.4) is 0 Å². The van der Waals surface area contributed by atoms with Crippen molar-refractivity contribution in [3.8, 4) is 5.75 Å². The molecule has 2 atom stereocenters. The molecule has 0 saturated heterocycles. The summed E-state index contributed by atoms with van der Waals surface area (Å²) < 4.78 is 19.7. The lowest BCUT2D eigenvalue weighted by molar-refractivity contribution is 0.0976. The smallest absolute Gasteiger partial charge is 0.166 e. The Morgan fingerprint density at radius 3 is 2.48 bits per heavy atom. The molecule has 0 N–H and O–H groups in total. The third kappa shape index (κ3) is 3.41. The summed E-state index contributed by atoms with van der Waals surface area (Å²) >= 11 is 0. The average molecular weight is 366 g/mol. The molecule has 0 unspecified atom stereocenters. The predicted molar refractivity (Wildman–Crippen MR) is 101 cm³/mol. The van der Waals surface area contributed by atoms with Gasteiger partial charge < -0.3 is 4.74 Å². The molecule has 1 aliphatic carbocycles. The zero-order valence-electron chi connectivity index (χ0n) is 15.4. The lowest BCUT2D eigenvalue weighted by Crippen LogP contribution is -2.22. The largest absolute Gasteiger partial charge is 0.486 e. The van der Waals surface area contributed by atoms with Crippen LogP contribution in [-0.2, 0) is 0 Å². The van der Waals surface area contributed by atoms with Crippen LogP contribution in [0.2, 0.25) is 0 Å². The van der Waals surface area contributed by atoms with E-state index in [1.54, 1.807) is 13.0 Å². The molecule has 4 rings (SSSR count). The van der Waals surface area contributed by atoms with E-state index in [0.717, 1.165) is 24.0 Å². The standard InChI is InChI=1S/C23H23FO3/c1-2-19(25)17-11-16(20(26)10-14-8-9-14)12-18-22(15-6-4-3-5-7-15)21(13-24)27-23(17)18/h3-7,11-12,14,21-22H,2,8-10,13H2,1H3/t21-,22+/m1/s1. The monoisotopic (exact) mass is 366 g/mol. The van der Waals surface area contributed by atoms with Crippen LogP contribution >= 0.6 is 0 Å². The molecular formula is C23H23FO3. The van der Waals surface area contributed by atoms with Crippen LogP contribution in [0.15, 0.2) is 42.5 Å². The van der Waals surface area contributed by atoms with Gasteiger partial charge in [-0.05, 0) is 36.5 Å². The highest BCUT2D eigenvalue weighted by atomic mass is 19.1. The molecule has 2 aromatic rings. The van der Waals surface area contributed by atoms with E-state index in [2.05, 4.69) is 0 Å². The fourth-order valence-corrected chi connectivity index (χ4v) is 3.87. The Morgan fingerprint density at radius 1 is 1.11 bits per heavy atom. The van der Waals surface area contributed by atoms with Gasteiger partial charge in [-0.1, -0.05) is 37.3 Å². The Labute approximate surface area is 158 Å². The molecule has 0 aromatic heterocycles. The van der Waals surface area contributed by atoms with E-state index in [4.69, 9.17) is 4.74 Å². The molecule has 0 radical (unpaired) electrons. The van der Waals surface area contributed by atoms with E-state index >= 15 is 0 Å². The third-order valence-corrected chi connectivity index (χ3v) is 5.52. The van der Waals surface area contributed by atoms with E-state index in [9.17, 15) is 14.0 Å². The SMILES string of the molecule is CCC(=O)c1cc(C(=O)CC2CC2)cc2c1O[C@H](CF)[C@H]2c1ccccc1. The van der Waals surface area contributed by atoms with Crippen molar-refractivity contribution in [3.05, 3.63) is 64.7 Å². The van der Waals surface area contributed by atoms with Gasteiger partial charge in [-0.25, -0.2) is 4.39 Å². The highest BCUT2D eigenvalue weighted by molar-refractivity contribution is 6.04. The van der Waals surface area contributed by atoms with Crippen LogP contribution in [0.1, 0.15) is 70.4 Å². The molecule has 0 amide bonds. The van der Waals surface area contributed by atoms with Gasteiger partial charge in [-0.15, -0.1) is 0 Å². The maximum atomic E-state index is 13.8. The predicted octanol–water partition coefficient (Wildman–Crippen LogP) is 5.12. The van der Waals surface area contributed by atoms with Crippen molar-refractivity contribution in [1.29, 1.82) is 0 Å². The van der Waals surface area contributed by atoms with Gasteiger partial charge in [0.25, 0.3) is 0 Å². The number of carbonyl (C=O) groups is 2. The quantitative estimate of drug-likeness (QED) is 0.639. The Bertz CT molecular complexity index is 871. The highest BCUT2D eigenvalue weighted by Gasteiger charge is 2.39. The molecule has 1 saturated carbocycles. The minimum atomic E-state index is -0.681. The van der Waals surface area contributed by atoms with Gasteiger partial charge in [0.05, 0.1) is 11.5 Å². The molecular weight excluding hydrogens is 343 g/mol. The molecule has 1 heterocycles. The minimum Gasteiger partial charge on any atom is -0.486 e. The number of ether oxygens (including phenoxy) is 1. The number of halogens is 1. The van der Waals surface area contributed by atoms with E-state index in [-0.39, 0.29) is 17.5 Å². The van der Waals surface area contributed by atoms with Crippen LogP contribution in [0.5, 0.6) is 5.75 Å². The summed E-state index contributed by atoms with van der Waals surface area (Å²) in [6.07, 6.45) is 2.34. The second-order valence-corrected chi connectivity index (χ2v) is 7.49. The molecule has 0 bridgehead atoms. The average Bonchev–Trinajstić information content (AvgIpc) is 3.43. The third-order valence-electron chi connectivity index (χ3n) is 5.52. The number of hydrogen-bond acceptors (Lipinski definition) is 3. The summed E-state index contributed by atoms with van der Waals surface area (Å²) in [6.45, 7) is 1.13. The van der Waals surface area contributed by atoms with E-state index in [0.29, 0.717) is 35.6 Å². The fourth-order valence-electron chi connectivity index (χ4n) is 3.87. The molecule has 140 valence electrons. The molecule has 0 spiro atoms. The second-order valence-electron chi connectivity index (χ2n) is 7.49. The Morgan fingerprint density at radius 2 is 1.85 bits per heavy atom. The normalized spacial score (nSPS) is 20.8. The number of fused-ring (bicyclic) bond motifs is 1. The van der Waals surface area contributed by atoms with E-state index in [1.807, 2.05) is 36.4 Å². The summed E-state index contributed by atoms with van der Waals surface area (Å²) in [4.78, 5) is 25.3. The molecule has 1 aliphatic heterocycles. The van der Waals surface area contributed by atoms with Crippen LogP contribution in [0.25, 0.3) is 0 Å². The molecule has 4 heteroatoms. The number of alkyl halides is 1. The van der Waals surface area contributed by atoms with E-state index < -0.39 is 12.8 Å². The zero-order valence-corrected chi connectivity index (χ0v) is 15.4. The maximum absolute atomic E-state index is 13.8. The molecule has 2 aliphatic rings. The molecule has 1 fully saturated rings. The number of Topliss-reactive ketones (excluding diaryl/α,β-unsaturated/α-hetero) is 2. The number of ketones is 2. The summed E-state index contributed by atoms with van der Waals surface area (Å²) in [5, 5.41) is 0. The summed E-state index contributed by atoms with van der Waals surface area (Å²) in [5.41, 5.74) is 2.63. The van der Waals surface area contributed by atoms with Crippen molar-refractivity contribution in [1.82, 2.24) is 0 Å². The Hall–Kier alpha value is -2.49. The van der Waals surface area contributed by atoms with Crippen molar-refractivity contribution < 1.29 is 18.7 Å². The maximum Gasteiger partial charge on any atom is 0.166 e. The highest BCUT2D eigenvalue weighted by Crippen LogP contribution is 2.46. The molecule has 27 heavy (non-hydrogen) atoms. The summed E-state index contributed by atoms with van der Waals surface area (Å²) in [6, 6.07) is 13.1. The minimum absolute atomic E-state index is 0.0564. The fraction of sp³-hybridized carbons (Fsp3) is 0.391. The first-order chi connectivity index (χ1) is 13.1. The Balaban J connectivity index is 1.83. The first kappa shape index (κ1) is 17.9. The summed E-state index contributed by atoms with van der Waals surface area (Å²) in [5.74, 6) is 0.569. The Kier molecular flexibility index (Phi) is 4.81.